The largest absolute Gasteiger partial charge is 0.366 e. The number of hydrogen-bond donors (Lipinski definition) is 2. The molecule has 0 aliphatic rings. The number of sulfonamides is 1. The van der Waals surface area contributed by atoms with Gasteiger partial charge < -0.3 is 5.73 Å². The molecule has 0 aliphatic carbocycles. The molecule has 1 amide bonds. The number of nitrogens with two attached hydrogens (primary N) is 1. The van der Waals surface area contributed by atoms with Crippen molar-refractivity contribution >= 4 is 31.9 Å². The molecule has 0 fully saturated rings. The van der Waals surface area contributed by atoms with Crippen LogP contribution >= 0.6 is 15.9 Å². The van der Waals surface area contributed by atoms with Crippen molar-refractivity contribution in [3.05, 3.63) is 28.2 Å². The molecule has 17 heavy (non-hydrogen) atoms. The molecule has 0 aliphatic heterocycles. The Bertz CT molecular complexity index is 533. The third-order valence-corrected chi connectivity index (χ3v) is 3.75. The fourth-order valence-electron chi connectivity index (χ4n) is 1.12. The summed E-state index contributed by atoms with van der Waals surface area (Å²) in [6, 6.07) is 3.83. The summed E-state index contributed by atoms with van der Waals surface area (Å²) in [7, 11) is -3.83. The smallest absolute Gasteiger partial charge is 0.248 e. The van der Waals surface area contributed by atoms with E-state index in [2.05, 4.69) is 15.9 Å². The van der Waals surface area contributed by atoms with Gasteiger partial charge in [0.05, 0.1) is 4.90 Å². The highest BCUT2D eigenvalue weighted by atomic mass is 79.9. The summed E-state index contributed by atoms with van der Waals surface area (Å²) in [6.45, 7) is -1.13. The summed E-state index contributed by atoms with van der Waals surface area (Å²) >= 11 is 3.07. The van der Waals surface area contributed by atoms with Gasteiger partial charge in [0.1, 0.15) is 6.67 Å². The molecule has 0 atom stereocenters. The van der Waals surface area contributed by atoms with Crippen LogP contribution in [0.2, 0.25) is 0 Å². The number of rotatable bonds is 5. The second kappa shape index (κ2) is 5.56. The SMILES string of the molecule is NC(=O)c1cc(Br)cc(S(=O)(=O)NCCF)c1. The number of halogens is 2. The van der Waals surface area contributed by atoms with Crippen molar-refractivity contribution in [2.24, 2.45) is 5.73 Å². The first-order valence-electron chi connectivity index (χ1n) is 4.53. The third kappa shape index (κ3) is 3.76. The van der Waals surface area contributed by atoms with Crippen molar-refractivity contribution < 1.29 is 17.6 Å². The Morgan fingerprint density at radius 2 is 2.06 bits per heavy atom. The first-order chi connectivity index (χ1) is 7.86. The number of benzene rings is 1. The van der Waals surface area contributed by atoms with Crippen molar-refractivity contribution in [3.63, 3.8) is 0 Å². The summed E-state index contributed by atoms with van der Waals surface area (Å²) < 4.78 is 37.7. The van der Waals surface area contributed by atoms with Gasteiger partial charge in [-0.25, -0.2) is 17.5 Å². The number of amides is 1. The molecule has 0 radical (unpaired) electrons. The lowest BCUT2D eigenvalue weighted by molar-refractivity contribution is 0.1000. The molecule has 5 nitrogen and oxygen atoms in total. The zero-order valence-electron chi connectivity index (χ0n) is 8.61. The fourth-order valence-corrected chi connectivity index (χ4v) is 2.84. The highest BCUT2D eigenvalue weighted by molar-refractivity contribution is 9.10. The molecular formula is C9H10BrFN2O3S. The normalized spacial score (nSPS) is 11.4. The van der Waals surface area contributed by atoms with E-state index in [0.717, 1.165) is 6.07 Å². The highest BCUT2D eigenvalue weighted by Gasteiger charge is 2.16. The quantitative estimate of drug-likeness (QED) is 0.839. The molecule has 0 heterocycles. The Balaban J connectivity index is 3.18. The maximum atomic E-state index is 11.9. The van der Waals surface area contributed by atoms with Crippen molar-refractivity contribution in [3.8, 4) is 0 Å². The molecule has 1 rings (SSSR count). The van der Waals surface area contributed by atoms with Gasteiger partial charge in [0, 0.05) is 16.6 Å². The molecule has 0 unspecified atom stereocenters. The predicted molar refractivity (Wildman–Crippen MR) is 63.8 cm³/mol. The summed E-state index contributed by atoms with van der Waals surface area (Å²) in [6.07, 6.45) is 0. The van der Waals surface area contributed by atoms with E-state index in [4.69, 9.17) is 5.73 Å². The molecule has 0 bridgehead atoms. The Morgan fingerprint density at radius 3 is 2.59 bits per heavy atom. The average Bonchev–Trinajstić information content (AvgIpc) is 2.25. The van der Waals surface area contributed by atoms with Crippen molar-refractivity contribution in [1.82, 2.24) is 4.72 Å². The number of primary amides is 1. The van der Waals surface area contributed by atoms with Crippen LogP contribution < -0.4 is 10.5 Å². The van der Waals surface area contributed by atoms with Crippen LogP contribution in [0.5, 0.6) is 0 Å². The maximum absolute atomic E-state index is 11.9. The lowest BCUT2D eigenvalue weighted by Crippen LogP contribution is -2.26. The van der Waals surface area contributed by atoms with Gasteiger partial charge in [-0.05, 0) is 18.2 Å². The van der Waals surface area contributed by atoms with Gasteiger partial charge in [-0.3, -0.25) is 4.79 Å². The van der Waals surface area contributed by atoms with Crippen LogP contribution in [0, 0.1) is 0 Å². The zero-order valence-corrected chi connectivity index (χ0v) is 11.0. The van der Waals surface area contributed by atoms with Crippen LogP contribution in [-0.4, -0.2) is 27.5 Å². The Kier molecular flexibility index (Phi) is 4.61. The van der Waals surface area contributed by atoms with Gasteiger partial charge in [0.25, 0.3) is 0 Å². The monoisotopic (exact) mass is 324 g/mol. The van der Waals surface area contributed by atoms with Crippen LogP contribution in [0.4, 0.5) is 4.39 Å². The number of hydrogen-bond acceptors (Lipinski definition) is 3. The van der Waals surface area contributed by atoms with Gasteiger partial charge in [0.15, 0.2) is 0 Å². The Labute approximate surface area is 106 Å². The Morgan fingerprint density at radius 1 is 1.41 bits per heavy atom. The first-order valence-corrected chi connectivity index (χ1v) is 6.80. The summed E-state index contributed by atoms with van der Waals surface area (Å²) in [5, 5.41) is 0. The minimum atomic E-state index is -3.83. The second-order valence-electron chi connectivity index (χ2n) is 3.13. The lowest BCUT2D eigenvalue weighted by Gasteiger charge is -2.07. The van der Waals surface area contributed by atoms with E-state index in [-0.39, 0.29) is 17.0 Å². The number of alkyl halides is 1. The van der Waals surface area contributed by atoms with Gasteiger partial charge in [-0.1, -0.05) is 15.9 Å². The highest BCUT2D eigenvalue weighted by Crippen LogP contribution is 2.19. The van der Waals surface area contributed by atoms with Crippen LogP contribution in [0.15, 0.2) is 27.6 Å². The summed E-state index contributed by atoms with van der Waals surface area (Å²) in [5.74, 6) is -0.742. The van der Waals surface area contributed by atoms with E-state index in [1.807, 2.05) is 4.72 Å². The first kappa shape index (κ1) is 14.1. The topological polar surface area (TPSA) is 89.3 Å². The predicted octanol–water partition coefficient (Wildman–Crippen LogP) is 0.796. The van der Waals surface area contributed by atoms with Crippen molar-refractivity contribution in [2.45, 2.75) is 4.90 Å². The van der Waals surface area contributed by atoms with Crippen LogP contribution in [-0.2, 0) is 10.0 Å². The van der Waals surface area contributed by atoms with Crippen LogP contribution in [0.25, 0.3) is 0 Å². The molecule has 3 N–H and O–H groups in total. The minimum Gasteiger partial charge on any atom is -0.366 e. The number of carbonyl (C=O) groups is 1. The van der Waals surface area contributed by atoms with Crippen LogP contribution in [0.3, 0.4) is 0 Å². The van der Waals surface area contributed by atoms with E-state index < -0.39 is 22.6 Å². The average molecular weight is 325 g/mol. The van der Waals surface area contributed by atoms with Gasteiger partial charge >= 0.3 is 0 Å². The van der Waals surface area contributed by atoms with Gasteiger partial charge in [0.2, 0.25) is 15.9 Å². The summed E-state index contributed by atoms with van der Waals surface area (Å²) in [4.78, 5) is 10.8. The van der Waals surface area contributed by atoms with E-state index in [0.29, 0.717) is 4.47 Å². The molecule has 0 aromatic heterocycles. The third-order valence-electron chi connectivity index (χ3n) is 1.85. The molecular weight excluding hydrogens is 315 g/mol. The molecule has 94 valence electrons. The van der Waals surface area contributed by atoms with E-state index in [1.54, 1.807) is 0 Å². The molecule has 0 saturated heterocycles. The fraction of sp³-hybridized carbons (Fsp3) is 0.222. The molecule has 8 heteroatoms. The summed E-state index contributed by atoms with van der Waals surface area (Å²) in [5.41, 5.74) is 5.12. The van der Waals surface area contributed by atoms with E-state index >= 15 is 0 Å². The molecule has 1 aromatic carbocycles. The minimum absolute atomic E-state index is 0.0556. The second-order valence-corrected chi connectivity index (χ2v) is 5.81. The molecule has 0 saturated carbocycles. The number of carbonyl (C=O) groups excluding carboxylic acids is 1. The lowest BCUT2D eigenvalue weighted by atomic mass is 10.2. The van der Waals surface area contributed by atoms with Crippen molar-refractivity contribution in [2.75, 3.05) is 13.2 Å². The molecule has 0 spiro atoms. The maximum Gasteiger partial charge on any atom is 0.248 e. The molecule has 1 aromatic rings. The van der Waals surface area contributed by atoms with Gasteiger partial charge in [-0.2, -0.15) is 0 Å². The zero-order chi connectivity index (χ0) is 13.1. The Hall–Kier alpha value is -0.990. The number of nitrogens with one attached hydrogen (secondary N) is 1. The van der Waals surface area contributed by atoms with Gasteiger partial charge in [-0.15, -0.1) is 0 Å². The van der Waals surface area contributed by atoms with E-state index in [1.165, 1.54) is 12.1 Å². The van der Waals surface area contributed by atoms with E-state index in [9.17, 15) is 17.6 Å². The van der Waals surface area contributed by atoms with Crippen molar-refractivity contribution in [1.29, 1.82) is 0 Å². The standard InChI is InChI=1S/C9H10BrFN2O3S/c10-7-3-6(9(12)14)4-8(5-7)17(15,16)13-2-1-11/h3-5,13H,1-2H2,(H2,12,14). The van der Waals surface area contributed by atoms with Crippen LogP contribution in [0.1, 0.15) is 10.4 Å².